The molecule has 0 saturated heterocycles. The number of rotatable bonds is 4. The van der Waals surface area contributed by atoms with Crippen molar-refractivity contribution in [2.45, 2.75) is 25.5 Å². The number of nitrogens with two attached hydrogens (primary N) is 1. The van der Waals surface area contributed by atoms with Crippen LogP contribution in [0, 0.1) is 13.8 Å². The Labute approximate surface area is 166 Å². The van der Waals surface area contributed by atoms with Crippen molar-refractivity contribution < 1.29 is 5.11 Å². The largest absolute Gasteiger partial charge is 0.378 e. The van der Waals surface area contributed by atoms with Crippen LogP contribution in [0.15, 0.2) is 91.0 Å². The molecule has 0 radical (unpaired) electrons. The van der Waals surface area contributed by atoms with Crippen molar-refractivity contribution >= 4 is 10.8 Å². The molecule has 0 aromatic heterocycles. The third-order valence-corrected chi connectivity index (χ3v) is 5.50. The summed E-state index contributed by atoms with van der Waals surface area (Å²) in [6, 6.07) is 29.7. The Bertz CT molecular complexity index is 1090. The van der Waals surface area contributed by atoms with Gasteiger partial charge in [0.15, 0.2) is 0 Å². The van der Waals surface area contributed by atoms with Crippen molar-refractivity contribution in [3.63, 3.8) is 0 Å². The van der Waals surface area contributed by atoms with Crippen molar-refractivity contribution in [3.05, 3.63) is 119 Å². The molecule has 0 aliphatic heterocycles. The summed E-state index contributed by atoms with van der Waals surface area (Å²) >= 11 is 0. The number of aliphatic hydroxyl groups is 1. The summed E-state index contributed by atoms with van der Waals surface area (Å²) in [7, 11) is 0. The molecule has 0 bridgehead atoms. The van der Waals surface area contributed by atoms with Crippen molar-refractivity contribution in [3.8, 4) is 0 Å². The number of fused-ring (bicyclic) bond motifs is 1. The van der Waals surface area contributed by atoms with Crippen LogP contribution in [0.1, 0.15) is 33.9 Å². The van der Waals surface area contributed by atoms with Gasteiger partial charge in [0.1, 0.15) is 5.60 Å². The number of benzene rings is 4. The maximum Gasteiger partial charge on any atom is 0.134 e. The van der Waals surface area contributed by atoms with Gasteiger partial charge in [0, 0.05) is 0 Å². The molecule has 0 unspecified atom stereocenters. The molecule has 0 spiro atoms. The minimum absolute atomic E-state index is 0.610. The smallest absolute Gasteiger partial charge is 0.134 e. The molecule has 28 heavy (non-hydrogen) atoms. The average Bonchev–Trinajstić information content (AvgIpc) is 2.72. The van der Waals surface area contributed by atoms with Gasteiger partial charge in [0.25, 0.3) is 0 Å². The topological polar surface area (TPSA) is 46.2 Å². The van der Waals surface area contributed by atoms with Crippen LogP contribution in [0.2, 0.25) is 0 Å². The van der Waals surface area contributed by atoms with Gasteiger partial charge < -0.3 is 10.8 Å². The Kier molecular flexibility index (Phi) is 4.76. The summed E-state index contributed by atoms with van der Waals surface area (Å²) in [4.78, 5) is 0. The summed E-state index contributed by atoms with van der Waals surface area (Å²) in [5.74, 6) is 0. The predicted octanol–water partition coefficient (Wildman–Crippen LogP) is 5.39. The molecule has 0 amide bonds. The molecule has 0 saturated carbocycles. The highest BCUT2D eigenvalue weighted by Gasteiger charge is 2.39. The third-order valence-electron chi connectivity index (χ3n) is 5.50. The molecule has 4 rings (SSSR count). The number of aryl methyl sites for hydroxylation is 2. The van der Waals surface area contributed by atoms with Crippen LogP contribution >= 0.6 is 0 Å². The van der Waals surface area contributed by atoms with E-state index in [0.717, 1.165) is 38.6 Å². The minimum Gasteiger partial charge on any atom is -0.378 e. The van der Waals surface area contributed by atoms with Crippen LogP contribution in [-0.2, 0) is 5.60 Å². The standard InChI is InChI=1S/C26H25NO/c1-18-7-5-11-23(15-18)26(28,24-12-6-8-19(2)16-24)25(27)22-14-13-20-9-3-4-10-21(20)17-22/h3-17,25,28H,27H2,1-2H3/t25-/m1/s1. The predicted molar refractivity (Wildman–Crippen MR) is 116 cm³/mol. The van der Waals surface area contributed by atoms with Gasteiger partial charge in [-0.1, -0.05) is 96.1 Å². The van der Waals surface area contributed by atoms with E-state index in [1.807, 2.05) is 80.6 Å². The first-order valence-electron chi connectivity index (χ1n) is 9.59. The normalized spacial score (nSPS) is 12.9. The number of hydrogen-bond acceptors (Lipinski definition) is 2. The van der Waals surface area contributed by atoms with Gasteiger partial charge in [0.05, 0.1) is 6.04 Å². The number of hydrogen-bond donors (Lipinski definition) is 2. The lowest BCUT2D eigenvalue weighted by Crippen LogP contribution is -2.40. The molecule has 2 heteroatoms. The highest BCUT2D eigenvalue weighted by Crippen LogP contribution is 2.40. The third kappa shape index (κ3) is 3.22. The second-order valence-corrected chi connectivity index (χ2v) is 7.59. The van der Waals surface area contributed by atoms with Gasteiger partial charge in [-0.2, -0.15) is 0 Å². The van der Waals surface area contributed by atoms with Crippen molar-refractivity contribution in [1.29, 1.82) is 0 Å². The van der Waals surface area contributed by atoms with E-state index in [1.54, 1.807) is 0 Å². The fourth-order valence-corrected chi connectivity index (χ4v) is 3.93. The Morgan fingerprint density at radius 1 is 0.679 bits per heavy atom. The summed E-state index contributed by atoms with van der Waals surface area (Å²) in [6.07, 6.45) is 0. The lowest BCUT2D eigenvalue weighted by atomic mass is 9.77. The zero-order valence-corrected chi connectivity index (χ0v) is 16.3. The van der Waals surface area contributed by atoms with E-state index in [2.05, 4.69) is 24.3 Å². The van der Waals surface area contributed by atoms with Gasteiger partial charge >= 0.3 is 0 Å². The molecule has 0 aliphatic carbocycles. The van der Waals surface area contributed by atoms with Gasteiger partial charge in [-0.25, -0.2) is 0 Å². The molecule has 0 fully saturated rings. The Morgan fingerprint density at radius 2 is 1.25 bits per heavy atom. The molecule has 4 aromatic rings. The van der Waals surface area contributed by atoms with E-state index < -0.39 is 11.6 Å². The van der Waals surface area contributed by atoms with Gasteiger partial charge in [-0.15, -0.1) is 0 Å². The molecule has 3 N–H and O–H groups in total. The highest BCUT2D eigenvalue weighted by molar-refractivity contribution is 5.83. The molecule has 4 aromatic carbocycles. The van der Waals surface area contributed by atoms with E-state index >= 15 is 0 Å². The van der Waals surface area contributed by atoms with Crippen LogP contribution in [0.4, 0.5) is 0 Å². The van der Waals surface area contributed by atoms with Crippen LogP contribution in [0.25, 0.3) is 10.8 Å². The summed E-state index contributed by atoms with van der Waals surface area (Å²) in [5, 5.41) is 14.3. The van der Waals surface area contributed by atoms with Crippen LogP contribution in [-0.4, -0.2) is 5.11 Å². The summed E-state index contributed by atoms with van der Waals surface area (Å²) in [5.41, 5.74) is 10.1. The van der Waals surface area contributed by atoms with Gasteiger partial charge in [0.2, 0.25) is 0 Å². The van der Waals surface area contributed by atoms with Crippen LogP contribution in [0.3, 0.4) is 0 Å². The SMILES string of the molecule is Cc1cccc(C(O)(c2cccc(C)c2)[C@H](N)c2ccc3ccccc3c2)c1. The Balaban J connectivity index is 1.91. The first kappa shape index (κ1) is 18.4. The zero-order valence-electron chi connectivity index (χ0n) is 16.3. The lowest BCUT2D eigenvalue weighted by Gasteiger charge is -2.36. The monoisotopic (exact) mass is 367 g/mol. The molecule has 2 nitrogen and oxygen atoms in total. The molecule has 1 atom stereocenters. The van der Waals surface area contributed by atoms with Crippen molar-refractivity contribution in [2.75, 3.05) is 0 Å². The first-order valence-corrected chi connectivity index (χ1v) is 9.59. The van der Waals surface area contributed by atoms with E-state index in [1.165, 1.54) is 0 Å². The second kappa shape index (κ2) is 7.23. The maximum atomic E-state index is 12.1. The van der Waals surface area contributed by atoms with E-state index in [4.69, 9.17) is 5.73 Å². The van der Waals surface area contributed by atoms with E-state index in [-0.39, 0.29) is 0 Å². The second-order valence-electron chi connectivity index (χ2n) is 7.59. The Morgan fingerprint density at radius 3 is 1.82 bits per heavy atom. The van der Waals surface area contributed by atoms with Crippen molar-refractivity contribution in [1.82, 2.24) is 0 Å². The molecule has 0 heterocycles. The molecule has 0 aliphatic rings. The van der Waals surface area contributed by atoms with Crippen LogP contribution in [0.5, 0.6) is 0 Å². The highest BCUT2D eigenvalue weighted by atomic mass is 16.3. The van der Waals surface area contributed by atoms with Crippen LogP contribution < -0.4 is 5.73 Å². The summed E-state index contributed by atoms with van der Waals surface area (Å²) < 4.78 is 0. The first-order chi connectivity index (χ1) is 13.5. The van der Waals surface area contributed by atoms with Gasteiger partial charge in [-0.05, 0) is 47.4 Å². The lowest BCUT2D eigenvalue weighted by molar-refractivity contribution is 0.0511. The van der Waals surface area contributed by atoms with E-state index in [0.29, 0.717) is 0 Å². The minimum atomic E-state index is -1.33. The van der Waals surface area contributed by atoms with Crippen molar-refractivity contribution in [2.24, 2.45) is 5.73 Å². The Hall–Kier alpha value is -2.94. The maximum absolute atomic E-state index is 12.1. The fraction of sp³-hybridized carbons (Fsp3) is 0.154. The summed E-state index contributed by atoms with van der Waals surface area (Å²) in [6.45, 7) is 4.06. The average molecular weight is 367 g/mol. The molecular formula is C26H25NO. The quantitative estimate of drug-likeness (QED) is 0.508. The fourth-order valence-electron chi connectivity index (χ4n) is 3.93. The molecule has 140 valence electrons. The van der Waals surface area contributed by atoms with Gasteiger partial charge in [-0.3, -0.25) is 0 Å². The molecular weight excluding hydrogens is 342 g/mol. The van der Waals surface area contributed by atoms with E-state index in [9.17, 15) is 5.11 Å². The zero-order chi connectivity index (χ0) is 19.7.